The second-order valence-corrected chi connectivity index (χ2v) is 7.53. The Bertz CT molecular complexity index is 811. The number of aliphatic hydroxyl groups is 2. The molecule has 0 aromatic heterocycles. The van der Waals surface area contributed by atoms with E-state index in [-0.39, 0.29) is 15.6 Å². The molecule has 0 bridgehead atoms. The van der Waals surface area contributed by atoms with E-state index in [1.165, 1.54) is 30.3 Å². The molecule has 1 atom stereocenters. The molecule has 5 nitrogen and oxygen atoms in total. The van der Waals surface area contributed by atoms with Crippen LogP contribution in [0.1, 0.15) is 5.56 Å². The molecule has 0 aliphatic carbocycles. The van der Waals surface area contributed by atoms with Crippen LogP contribution < -0.4 is 4.31 Å². The van der Waals surface area contributed by atoms with Gasteiger partial charge in [0.05, 0.1) is 34.9 Å². The van der Waals surface area contributed by atoms with E-state index in [2.05, 4.69) is 0 Å². The molecular formula is C16H17ClFNO4S. The minimum atomic E-state index is -4.15. The molecule has 0 heterocycles. The highest BCUT2D eigenvalue weighted by molar-refractivity contribution is 7.92. The Hall–Kier alpha value is -1.67. The van der Waals surface area contributed by atoms with E-state index in [1.807, 2.05) is 0 Å². The Morgan fingerprint density at radius 1 is 1.21 bits per heavy atom. The molecule has 2 aromatic carbocycles. The Morgan fingerprint density at radius 3 is 2.42 bits per heavy atom. The van der Waals surface area contributed by atoms with Crippen molar-refractivity contribution < 1.29 is 23.0 Å². The zero-order valence-corrected chi connectivity index (χ0v) is 14.4. The van der Waals surface area contributed by atoms with Crippen LogP contribution >= 0.6 is 11.6 Å². The molecule has 0 aliphatic heterocycles. The minimum absolute atomic E-state index is 0.0578. The molecule has 1 unspecified atom stereocenters. The number of nitrogens with zero attached hydrogens (tertiary/aromatic N) is 1. The van der Waals surface area contributed by atoms with E-state index in [0.29, 0.717) is 4.31 Å². The molecule has 0 spiro atoms. The summed E-state index contributed by atoms with van der Waals surface area (Å²) in [6, 6.07) is 9.96. The van der Waals surface area contributed by atoms with Crippen LogP contribution in [-0.2, 0) is 10.0 Å². The molecule has 2 aromatic rings. The third-order valence-corrected chi connectivity index (χ3v) is 5.48. The third-order valence-electron chi connectivity index (χ3n) is 3.40. The average molecular weight is 374 g/mol. The maximum absolute atomic E-state index is 14.3. The molecular weight excluding hydrogens is 357 g/mol. The number of aliphatic hydroxyl groups excluding tert-OH is 2. The monoisotopic (exact) mass is 373 g/mol. The van der Waals surface area contributed by atoms with Crippen molar-refractivity contribution in [1.82, 2.24) is 0 Å². The van der Waals surface area contributed by atoms with Gasteiger partial charge in [-0.05, 0) is 31.2 Å². The van der Waals surface area contributed by atoms with E-state index in [1.54, 1.807) is 19.1 Å². The van der Waals surface area contributed by atoms with Crippen molar-refractivity contribution in [3.05, 3.63) is 58.9 Å². The molecule has 8 heteroatoms. The zero-order chi connectivity index (χ0) is 17.9. The number of benzene rings is 2. The molecule has 2 N–H and O–H groups in total. The van der Waals surface area contributed by atoms with Gasteiger partial charge in [0.25, 0.3) is 10.0 Å². The van der Waals surface area contributed by atoms with Crippen LogP contribution in [0.25, 0.3) is 0 Å². The van der Waals surface area contributed by atoms with Crippen LogP contribution in [0.2, 0.25) is 5.02 Å². The van der Waals surface area contributed by atoms with Crippen LogP contribution in [0.15, 0.2) is 47.4 Å². The Balaban J connectivity index is 2.57. The van der Waals surface area contributed by atoms with Gasteiger partial charge in [-0.3, -0.25) is 4.31 Å². The second-order valence-electron chi connectivity index (χ2n) is 5.26. The molecule has 0 aliphatic rings. The fraction of sp³-hybridized carbons (Fsp3) is 0.250. The lowest BCUT2D eigenvalue weighted by molar-refractivity contribution is 0.102. The Morgan fingerprint density at radius 2 is 1.83 bits per heavy atom. The number of hydrogen-bond donors (Lipinski definition) is 2. The topological polar surface area (TPSA) is 77.8 Å². The third kappa shape index (κ3) is 3.87. The fourth-order valence-electron chi connectivity index (χ4n) is 2.10. The largest absolute Gasteiger partial charge is 0.394 e. The second kappa shape index (κ2) is 7.48. The summed E-state index contributed by atoms with van der Waals surface area (Å²) < 4.78 is 40.8. The first-order valence-electron chi connectivity index (χ1n) is 7.09. The molecule has 24 heavy (non-hydrogen) atoms. The number of anilines is 1. The summed E-state index contributed by atoms with van der Waals surface area (Å²) in [6.45, 7) is 0.631. The summed E-state index contributed by atoms with van der Waals surface area (Å²) in [5.41, 5.74) is 0.570. The normalized spacial score (nSPS) is 12.9. The molecule has 0 radical (unpaired) electrons. The summed E-state index contributed by atoms with van der Waals surface area (Å²) in [6.07, 6.45) is -1.37. The van der Waals surface area contributed by atoms with Gasteiger partial charge in [0.2, 0.25) is 0 Å². The van der Waals surface area contributed by atoms with Gasteiger partial charge in [-0.15, -0.1) is 0 Å². The van der Waals surface area contributed by atoms with Gasteiger partial charge in [0, 0.05) is 0 Å². The number of sulfonamides is 1. The predicted octanol–water partition coefficient (Wildman–Crippen LogP) is 2.34. The predicted molar refractivity (Wildman–Crippen MR) is 90.2 cm³/mol. The number of halogens is 2. The van der Waals surface area contributed by atoms with Crippen molar-refractivity contribution in [2.45, 2.75) is 17.9 Å². The lowest BCUT2D eigenvalue weighted by atomic mass is 10.2. The smallest absolute Gasteiger partial charge is 0.264 e. The summed E-state index contributed by atoms with van der Waals surface area (Å²) in [5.74, 6) is -0.917. The van der Waals surface area contributed by atoms with Gasteiger partial charge < -0.3 is 10.2 Å². The van der Waals surface area contributed by atoms with Gasteiger partial charge in [0.15, 0.2) is 5.82 Å². The average Bonchev–Trinajstić information content (AvgIpc) is 2.55. The van der Waals surface area contributed by atoms with Crippen LogP contribution in [-0.4, -0.2) is 37.9 Å². The van der Waals surface area contributed by atoms with Crippen molar-refractivity contribution in [3.63, 3.8) is 0 Å². The first-order valence-corrected chi connectivity index (χ1v) is 8.91. The maximum atomic E-state index is 14.3. The molecule has 0 saturated carbocycles. The molecule has 2 rings (SSSR count). The summed E-state index contributed by atoms with van der Waals surface area (Å²) in [5, 5.41) is 18.5. The lowest BCUT2D eigenvalue weighted by Gasteiger charge is -2.27. The molecule has 130 valence electrons. The van der Waals surface area contributed by atoms with Gasteiger partial charge in [-0.25, -0.2) is 12.8 Å². The van der Waals surface area contributed by atoms with E-state index >= 15 is 0 Å². The molecule has 0 fully saturated rings. The highest BCUT2D eigenvalue weighted by atomic mass is 35.5. The van der Waals surface area contributed by atoms with Crippen molar-refractivity contribution in [3.8, 4) is 0 Å². The van der Waals surface area contributed by atoms with Crippen LogP contribution in [0.4, 0.5) is 10.1 Å². The number of aryl methyl sites for hydroxylation is 1. The quantitative estimate of drug-likeness (QED) is 0.814. The number of hydrogen-bond acceptors (Lipinski definition) is 4. The highest BCUT2D eigenvalue weighted by Gasteiger charge is 2.29. The summed E-state index contributed by atoms with van der Waals surface area (Å²) >= 11 is 5.74. The SMILES string of the molecule is Cc1ccc(S(=O)(=O)N(CC(O)CO)c2cccc(Cl)c2F)cc1. The zero-order valence-electron chi connectivity index (χ0n) is 12.9. The molecule has 0 amide bonds. The van der Waals surface area contributed by atoms with E-state index in [4.69, 9.17) is 16.7 Å². The molecule has 0 saturated heterocycles. The van der Waals surface area contributed by atoms with Crippen molar-refractivity contribution in [1.29, 1.82) is 0 Å². The van der Waals surface area contributed by atoms with E-state index in [9.17, 15) is 17.9 Å². The fourth-order valence-corrected chi connectivity index (χ4v) is 3.77. The summed E-state index contributed by atoms with van der Waals surface area (Å²) in [7, 11) is -4.15. The standard InChI is InChI=1S/C16H17ClFNO4S/c1-11-5-7-13(8-6-11)24(22,23)19(9-12(21)10-20)15-4-2-3-14(17)16(15)18/h2-8,12,20-21H,9-10H2,1H3. The Kier molecular flexibility index (Phi) is 5.82. The van der Waals surface area contributed by atoms with Gasteiger partial charge in [-0.1, -0.05) is 35.4 Å². The van der Waals surface area contributed by atoms with Crippen LogP contribution in [0.3, 0.4) is 0 Å². The lowest BCUT2D eigenvalue weighted by Crippen LogP contribution is -2.39. The first kappa shape index (κ1) is 18.7. The van der Waals surface area contributed by atoms with E-state index in [0.717, 1.165) is 5.56 Å². The minimum Gasteiger partial charge on any atom is -0.394 e. The Labute approximate surface area is 145 Å². The van der Waals surface area contributed by atoms with Gasteiger partial charge in [-0.2, -0.15) is 0 Å². The van der Waals surface area contributed by atoms with E-state index < -0.39 is 35.1 Å². The first-order chi connectivity index (χ1) is 11.3. The van der Waals surface area contributed by atoms with Crippen LogP contribution in [0, 0.1) is 12.7 Å². The maximum Gasteiger partial charge on any atom is 0.264 e. The van der Waals surface area contributed by atoms with Crippen molar-refractivity contribution in [2.75, 3.05) is 17.5 Å². The summed E-state index contributed by atoms with van der Waals surface area (Å²) in [4.78, 5) is -0.0578. The van der Waals surface area contributed by atoms with Gasteiger partial charge >= 0.3 is 0 Å². The van der Waals surface area contributed by atoms with Crippen molar-refractivity contribution >= 4 is 27.3 Å². The highest BCUT2D eigenvalue weighted by Crippen LogP contribution is 2.30. The van der Waals surface area contributed by atoms with Crippen molar-refractivity contribution in [2.24, 2.45) is 0 Å². The number of rotatable bonds is 6. The van der Waals surface area contributed by atoms with Gasteiger partial charge in [0.1, 0.15) is 0 Å². The van der Waals surface area contributed by atoms with Crippen LogP contribution in [0.5, 0.6) is 0 Å².